The fraction of sp³-hybridized carbons (Fsp3) is 0.500. The Morgan fingerprint density at radius 2 is 1.79 bits per heavy atom. The highest BCUT2D eigenvalue weighted by molar-refractivity contribution is 7.92. The summed E-state index contributed by atoms with van der Waals surface area (Å²) < 4.78 is 39.9. The van der Waals surface area contributed by atoms with Gasteiger partial charge in [0.05, 0.1) is 11.9 Å². The van der Waals surface area contributed by atoms with Crippen LogP contribution in [0.25, 0.3) is 0 Å². The van der Waals surface area contributed by atoms with Gasteiger partial charge in [0.1, 0.15) is 11.9 Å². The number of hydrogen-bond acceptors (Lipinski definition) is 4. The van der Waals surface area contributed by atoms with Gasteiger partial charge in [0.2, 0.25) is 21.8 Å². The summed E-state index contributed by atoms with van der Waals surface area (Å²) in [6.45, 7) is 3.84. The zero-order valence-corrected chi connectivity index (χ0v) is 23.8. The topological polar surface area (TPSA) is 86.8 Å². The minimum atomic E-state index is -3.63. The van der Waals surface area contributed by atoms with Crippen LogP contribution >= 0.6 is 11.6 Å². The molecule has 1 fully saturated rings. The van der Waals surface area contributed by atoms with Crippen LogP contribution in [0.5, 0.6) is 0 Å². The summed E-state index contributed by atoms with van der Waals surface area (Å²) >= 11 is 6.22. The highest BCUT2D eigenvalue weighted by Gasteiger charge is 2.31. The Labute approximate surface area is 230 Å². The molecule has 3 rings (SSSR count). The third-order valence-corrected chi connectivity index (χ3v) is 8.60. The molecular weight excluding hydrogens is 529 g/mol. The van der Waals surface area contributed by atoms with Gasteiger partial charge in [-0.15, -0.1) is 0 Å². The predicted molar refractivity (Wildman–Crippen MR) is 149 cm³/mol. The van der Waals surface area contributed by atoms with Gasteiger partial charge >= 0.3 is 0 Å². The quantitative estimate of drug-likeness (QED) is 0.383. The number of halogens is 2. The number of rotatable bonds is 12. The van der Waals surface area contributed by atoms with Gasteiger partial charge in [-0.2, -0.15) is 0 Å². The van der Waals surface area contributed by atoms with Gasteiger partial charge in [0, 0.05) is 30.6 Å². The van der Waals surface area contributed by atoms with E-state index in [1.54, 1.807) is 37.3 Å². The molecule has 10 heteroatoms. The van der Waals surface area contributed by atoms with Crippen LogP contribution in [-0.2, 0) is 26.2 Å². The Morgan fingerprint density at radius 1 is 1.13 bits per heavy atom. The number of hydrogen-bond donors (Lipinski definition) is 1. The molecule has 0 aromatic heterocycles. The van der Waals surface area contributed by atoms with E-state index in [9.17, 15) is 22.4 Å². The van der Waals surface area contributed by atoms with Crippen molar-refractivity contribution >= 4 is 39.1 Å². The molecule has 0 aliphatic heterocycles. The Kier molecular flexibility index (Phi) is 10.6. The van der Waals surface area contributed by atoms with E-state index < -0.39 is 16.1 Å². The standard InChI is InChI=1S/C28H37ClFN3O4S/c1-4-25(28(35)31-23-9-5-6-10-23)32(19-21-14-16-22(30)17-15-21)27(34)13-8-18-33(38(3,36)37)26-12-7-11-24(29)20(26)2/h7,11-12,14-17,23,25H,4-6,8-10,13,18-19H2,1-3H3,(H,31,35)/t25-/m0/s1. The lowest BCUT2D eigenvalue weighted by molar-refractivity contribution is -0.141. The third kappa shape index (κ3) is 7.93. The molecule has 0 radical (unpaired) electrons. The Bertz CT molecular complexity index is 1220. The summed E-state index contributed by atoms with van der Waals surface area (Å²) in [5.74, 6) is -0.837. The second kappa shape index (κ2) is 13.4. The normalized spacial score (nSPS) is 14.8. The summed E-state index contributed by atoms with van der Waals surface area (Å²) in [5, 5.41) is 3.55. The Hall–Kier alpha value is -2.65. The maximum atomic E-state index is 13.5. The summed E-state index contributed by atoms with van der Waals surface area (Å²) in [6, 6.07) is 10.4. The number of carbonyl (C=O) groups excluding carboxylic acids is 2. The van der Waals surface area contributed by atoms with E-state index >= 15 is 0 Å². The van der Waals surface area contributed by atoms with E-state index in [1.165, 1.54) is 21.3 Å². The predicted octanol–water partition coefficient (Wildman–Crippen LogP) is 5.20. The zero-order chi connectivity index (χ0) is 27.9. The molecule has 2 aromatic rings. The summed E-state index contributed by atoms with van der Waals surface area (Å²) in [4.78, 5) is 28.3. The molecule has 1 atom stereocenters. The van der Waals surface area contributed by atoms with Crippen molar-refractivity contribution in [3.05, 3.63) is 64.4 Å². The molecule has 1 aliphatic rings. The molecular formula is C28H37ClFN3O4S. The SMILES string of the molecule is CC[C@@H](C(=O)NC1CCCC1)N(Cc1ccc(F)cc1)C(=O)CCCN(c1cccc(Cl)c1C)S(C)(=O)=O. The van der Waals surface area contributed by atoms with Crippen LogP contribution in [0.15, 0.2) is 42.5 Å². The molecule has 0 saturated heterocycles. The van der Waals surface area contributed by atoms with Gasteiger partial charge in [-0.3, -0.25) is 13.9 Å². The lowest BCUT2D eigenvalue weighted by Crippen LogP contribution is -2.51. The van der Waals surface area contributed by atoms with Crippen molar-refractivity contribution < 1.29 is 22.4 Å². The van der Waals surface area contributed by atoms with Crippen molar-refractivity contribution in [2.45, 2.75) is 77.4 Å². The first-order valence-electron chi connectivity index (χ1n) is 13.1. The first kappa shape index (κ1) is 29.9. The number of carbonyl (C=O) groups is 2. The smallest absolute Gasteiger partial charge is 0.243 e. The van der Waals surface area contributed by atoms with Crippen molar-refractivity contribution in [3.8, 4) is 0 Å². The van der Waals surface area contributed by atoms with E-state index in [4.69, 9.17) is 11.6 Å². The highest BCUT2D eigenvalue weighted by atomic mass is 35.5. The minimum Gasteiger partial charge on any atom is -0.352 e. The summed E-state index contributed by atoms with van der Waals surface area (Å²) in [5.41, 5.74) is 1.82. The van der Waals surface area contributed by atoms with Gasteiger partial charge in [-0.25, -0.2) is 12.8 Å². The molecule has 7 nitrogen and oxygen atoms in total. The largest absolute Gasteiger partial charge is 0.352 e. The fourth-order valence-corrected chi connectivity index (χ4v) is 6.11. The lowest BCUT2D eigenvalue weighted by Gasteiger charge is -2.32. The number of benzene rings is 2. The van der Waals surface area contributed by atoms with Crippen molar-refractivity contribution in [1.29, 1.82) is 0 Å². The van der Waals surface area contributed by atoms with Crippen LogP contribution in [0.4, 0.5) is 10.1 Å². The summed E-state index contributed by atoms with van der Waals surface area (Å²) in [6.07, 6.45) is 5.83. The molecule has 1 aliphatic carbocycles. The van der Waals surface area contributed by atoms with E-state index in [-0.39, 0.29) is 49.6 Å². The van der Waals surface area contributed by atoms with Crippen molar-refractivity contribution in [1.82, 2.24) is 10.2 Å². The number of nitrogens with zero attached hydrogens (tertiary/aromatic N) is 2. The number of amides is 2. The van der Waals surface area contributed by atoms with E-state index in [0.29, 0.717) is 28.3 Å². The molecule has 2 amide bonds. The Morgan fingerprint density at radius 3 is 2.39 bits per heavy atom. The van der Waals surface area contributed by atoms with E-state index in [2.05, 4.69) is 5.32 Å². The fourth-order valence-electron chi connectivity index (χ4n) is 4.92. The van der Waals surface area contributed by atoms with E-state index in [1.807, 2.05) is 6.92 Å². The molecule has 0 heterocycles. The van der Waals surface area contributed by atoms with Gasteiger partial charge in [0.25, 0.3) is 0 Å². The zero-order valence-electron chi connectivity index (χ0n) is 22.3. The monoisotopic (exact) mass is 565 g/mol. The van der Waals surface area contributed by atoms with Gasteiger partial charge < -0.3 is 10.2 Å². The average molecular weight is 566 g/mol. The molecule has 208 valence electrons. The number of nitrogens with one attached hydrogen (secondary N) is 1. The number of sulfonamides is 1. The van der Waals surface area contributed by atoms with Crippen molar-refractivity contribution in [3.63, 3.8) is 0 Å². The first-order chi connectivity index (χ1) is 18.0. The van der Waals surface area contributed by atoms with Crippen molar-refractivity contribution in [2.75, 3.05) is 17.1 Å². The number of anilines is 1. The van der Waals surface area contributed by atoms with Crippen molar-refractivity contribution in [2.24, 2.45) is 0 Å². The second-order valence-corrected chi connectivity index (χ2v) is 12.2. The van der Waals surface area contributed by atoms with Crippen LogP contribution in [0, 0.1) is 12.7 Å². The maximum absolute atomic E-state index is 13.5. The Balaban J connectivity index is 1.77. The minimum absolute atomic E-state index is 0.0417. The van der Waals surface area contributed by atoms with E-state index in [0.717, 1.165) is 31.9 Å². The van der Waals surface area contributed by atoms with Crippen LogP contribution in [0.3, 0.4) is 0 Å². The van der Waals surface area contributed by atoms with Gasteiger partial charge in [-0.1, -0.05) is 49.6 Å². The third-order valence-electron chi connectivity index (χ3n) is 7.01. The highest BCUT2D eigenvalue weighted by Crippen LogP contribution is 2.28. The second-order valence-electron chi connectivity index (χ2n) is 9.88. The molecule has 0 spiro atoms. The molecule has 2 aromatic carbocycles. The first-order valence-corrected chi connectivity index (χ1v) is 15.3. The summed E-state index contributed by atoms with van der Waals surface area (Å²) in [7, 11) is -3.63. The molecule has 0 unspecified atom stereocenters. The van der Waals surface area contributed by atoms with Gasteiger partial charge in [0.15, 0.2) is 0 Å². The lowest BCUT2D eigenvalue weighted by atomic mass is 10.1. The van der Waals surface area contributed by atoms with Crippen LogP contribution in [0.2, 0.25) is 5.02 Å². The van der Waals surface area contributed by atoms with Crippen LogP contribution in [-0.4, -0.2) is 50.0 Å². The molecule has 1 saturated carbocycles. The van der Waals surface area contributed by atoms with Crippen LogP contribution < -0.4 is 9.62 Å². The molecule has 0 bridgehead atoms. The molecule has 1 N–H and O–H groups in total. The maximum Gasteiger partial charge on any atom is 0.243 e. The molecule has 38 heavy (non-hydrogen) atoms. The van der Waals surface area contributed by atoms with Gasteiger partial charge in [-0.05, 0) is 68.0 Å². The average Bonchev–Trinajstić information content (AvgIpc) is 3.37. The van der Waals surface area contributed by atoms with Crippen LogP contribution in [0.1, 0.15) is 63.0 Å².